The van der Waals surface area contributed by atoms with Crippen molar-refractivity contribution in [3.05, 3.63) is 71.3 Å². The Labute approximate surface area is 175 Å². The molecule has 0 spiro atoms. The second-order valence-corrected chi connectivity index (χ2v) is 7.25. The molecule has 1 saturated heterocycles. The highest BCUT2D eigenvalue weighted by Crippen LogP contribution is 2.27. The van der Waals surface area contributed by atoms with Gasteiger partial charge in [-0.3, -0.25) is 14.3 Å². The van der Waals surface area contributed by atoms with Gasteiger partial charge < -0.3 is 15.0 Å². The van der Waals surface area contributed by atoms with Gasteiger partial charge >= 0.3 is 0 Å². The van der Waals surface area contributed by atoms with E-state index in [1.807, 2.05) is 37.3 Å². The van der Waals surface area contributed by atoms with Crippen LogP contribution < -0.4 is 5.32 Å². The number of hydrogen-bond acceptors (Lipinski definition) is 4. The Morgan fingerprint density at radius 1 is 0.967 bits per heavy atom. The molecule has 154 valence electrons. The minimum absolute atomic E-state index is 0.0414. The number of anilines is 1. The first-order chi connectivity index (χ1) is 14.5. The molecule has 30 heavy (non-hydrogen) atoms. The monoisotopic (exact) mass is 404 g/mol. The minimum atomic E-state index is -0.244. The van der Waals surface area contributed by atoms with E-state index in [1.54, 1.807) is 40.9 Å². The fraction of sp³-hybridized carbons (Fsp3) is 0.261. The van der Waals surface area contributed by atoms with Crippen molar-refractivity contribution < 1.29 is 14.3 Å². The Morgan fingerprint density at radius 2 is 1.60 bits per heavy atom. The lowest BCUT2D eigenvalue weighted by molar-refractivity contribution is 0.0303. The Hall–Kier alpha value is -3.45. The van der Waals surface area contributed by atoms with Crippen LogP contribution in [0.1, 0.15) is 26.3 Å². The SMILES string of the molecule is Cc1c(-c2ccccc2)nn(C)c1NC(=O)c1ccc(C(=O)N2CCOCC2)cc1. The zero-order chi connectivity index (χ0) is 21.1. The van der Waals surface area contributed by atoms with Crippen LogP contribution in [0.4, 0.5) is 5.82 Å². The lowest BCUT2D eigenvalue weighted by Crippen LogP contribution is -2.40. The Morgan fingerprint density at radius 3 is 2.27 bits per heavy atom. The van der Waals surface area contributed by atoms with Crippen LogP contribution in [0.2, 0.25) is 0 Å². The van der Waals surface area contributed by atoms with Crippen molar-refractivity contribution in [1.29, 1.82) is 0 Å². The zero-order valence-electron chi connectivity index (χ0n) is 17.1. The predicted molar refractivity (Wildman–Crippen MR) is 114 cm³/mol. The first-order valence-electron chi connectivity index (χ1n) is 9.92. The molecular weight excluding hydrogens is 380 g/mol. The van der Waals surface area contributed by atoms with E-state index < -0.39 is 0 Å². The molecule has 1 aliphatic rings. The molecule has 0 bridgehead atoms. The molecule has 7 heteroatoms. The van der Waals surface area contributed by atoms with Crippen LogP contribution in [0.3, 0.4) is 0 Å². The molecule has 2 heterocycles. The molecule has 0 radical (unpaired) electrons. The maximum absolute atomic E-state index is 12.8. The van der Waals surface area contributed by atoms with Gasteiger partial charge in [-0.2, -0.15) is 5.10 Å². The number of rotatable bonds is 4. The number of aromatic nitrogens is 2. The van der Waals surface area contributed by atoms with E-state index in [1.165, 1.54) is 0 Å². The third kappa shape index (κ3) is 3.97. The molecule has 3 aromatic rings. The van der Waals surface area contributed by atoms with Crippen LogP contribution in [-0.2, 0) is 11.8 Å². The van der Waals surface area contributed by atoms with Crippen molar-refractivity contribution in [2.75, 3.05) is 31.6 Å². The maximum atomic E-state index is 12.8. The van der Waals surface area contributed by atoms with Crippen LogP contribution in [0.5, 0.6) is 0 Å². The van der Waals surface area contributed by atoms with Crippen molar-refractivity contribution in [2.45, 2.75) is 6.92 Å². The quantitative estimate of drug-likeness (QED) is 0.725. The average molecular weight is 404 g/mol. The fourth-order valence-electron chi connectivity index (χ4n) is 3.57. The van der Waals surface area contributed by atoms with Gasteiger partial charge in [0.25, 0.3) is 11.8 Å². The lowest BCUT2D eigenvalue weighted by Gasteiger charge is -2.26. The number of hydrogen-bond donors (Lipinski definition) is 1. The van der Waals surface area contributed by atoms with Gasteiger partial charge in [-0.1, -0.05) is 30.3 Å². The molecule has 1 aliphatic heterocycles. The smallest absolute Gasteiger partial charge is 0.256 e. The maximum Gasteiger partial charge on any atom is 0.256 e. The number of morpholine rings is 1. The summed E-state index contributed by atoms with van der Waals surface area (Å²) in [5.41, 5.74) is 3.78. The first-order valence-corrected chi connectivity index (χ1v) is 9.92. The fourth-order valence-corrected chi connectivity index (χ4v) is 3.57. The normalized spacial score (nSPS) is 13.9. The van der Waals surface area contributed by atoms with Crippen LogP contribution in [-0.4, -0.2) is 52.8 Å². The van der Waals surface area contributed by atoms with E-state index >= 15 is 0 Å². The minimum Gasteiger partial charge on any atom is -0.378 e. The summed E-state index contributed by atoms with van der Waals surface area (Å²) in [6.07, 6.45) is 0. The zero-order valence-corrected chi connectivity index (χ0v) is 17.1. The molecule has 1 fully saturated rings. The number of carbonyl (C=O) groups is 2. The van der Waals surface area contributed by atoms with E-state index in [2.05, 4.69) is 10.4 Å². The van der Waals surface area contributed by atoms with E-state index in [9.17, 15) is 9.59 Å². The number of ether oxygens (including phenoxy) is 1. The number of nitrogens with one attached hydrogen (secondary N) is 1. The number of carbonyl (C=O) groups excluding carboxylic acids is 2. The highest BCUT2D eigenvalue weighted by atomic mass is 16.5. The number of nitrogens with zero attached hydrogens (tertiary/aromatic N) is 3. The summed E-state index contributed by atoms with van der Waals surface area (Å²) in [6, 6.07) is 16.6. The van der Waals surface area contributed by atoms with Crippen molar-refractivity contribution in [3.8, 4) is 11.3 Å². The molecule has 0 unspecified atom stereocenters. The molecule has 2 aromatic carbocycles. The summed E-state index contributed by atoms with van der Waals surface area (Å²) < 4.78 is 6.96. The highest BCUT2D eigenvalue weighted by Gasteiger charge is 2.20. The van der Waals surface area contributed by atoms with E-state index in [0.717, 1.165) is 16.8 Å². The summed E-state index contributed by atoms with van der Waals surface area (Å²) in [4.78, 5) is 27.1. The molecule has 4 rings (SSSR count). The van der Waals surface area contributed by atoms with E-state index in [-0.39, 0.29) is 11.8 Å². The second kappa shape index (κ2) is 8.51. The second-order valence-electron chi connectivity index (χ2n) is 7.25. The molecule has 7 nitrogen and oxygen atoms in total. The molecule has 0 aliphatic carbocycles. The van der Waals surface area contributed by atoms with E-state index in [4.69, 9.17) is 4.74 Å². The number of amides is 2. The summed E-state index contributed by atoms with van der Waals surface area (Å²) in [6.45, 7) is 4.23. The highest BCUT2D eigenvalue weighted by molar-refractivity contribution is 6.05. The summed E-state index contributed by atoms with van der Waals surface area (Å²) in [5, 5.41) is 7.50. The van der Waals surface area contributed by atoms with Gasteiger partial charge in [-0.05, 0) is 31.2 Å². The standard InChI is InChI=1S/C23H24N4O3/c1-16-20(17-6-4-3-5-7-17)25-26(2)21(16)24-22(28)18-8-10-19(11-9-18)23(29)27-12-14-30-15-13-27/h3-11H,12-15H2,1-2H3,(H,24,28). The van der Waals surface area contributed by atoms with Gasteiger partial charge in [-0.15, -0.1) is 0 Å². The van der Waals surface area contributed by atoms with Crippen molar-refractivity contribution in [2.24, 2.45) is 7.05 Å². The van der Waals surface area contributed by atoms with E-state index in [0.29, 0.717) is 43.2 Å². The third-order valence-corrected chi connectivity index (χ3v) is 5.26. The van der Waals surface area contributed by atoms with Gasteiger partial charge in [0.15, 0.2) is 0 Å². The third-order valence-electron chi connectivity index (χ3n) is 5.26. The van der Waals surface area contributed by atoms with Gasteiger partial charge in [0, 0.05) is 42.4 Å². The van der Waals surface area contributed by atoms with Crippen LogP contribution >= 0.6 is 0 Å². The van der Waals surface area contributed by atoms with Crippen molar-refractivity contribution in [1.82, 2.24) is 14.7 Å². The predicted octanol–water partition coefficient (Wildman–Crippen LogP) is 3.12. The molecule has 0 saturated carbocycles. The number of aryl methyl sites for hydroxylation is 1. The summed E-state index contributed by atoms with van der Waals surface area (Å²) in [7, 11) is 1.80. The topological polar surface area (TPSA) is 76.5 Å². The van der Waals surface area contributed by atoms with Crippen LogP contribution in [0.15, 0.2) is 54.6 Å². The summed E-state index contributed by atoms with van der Waals surface area (Å²) >= 11 is 0. The lowest BCUT2D eigenvalue weighted by atomic mass is 10.1. The Kier molecular flexibility index (Phi) is 5.63. The van der Waals surface area contributed by atoms with Crippen LogP contribution in [0, 0.1) is 6.92 Å². The van der Waals surface area contributed by atoms with Crippen LogP contribution in [0.25, 0.3) is 11.3 Å². The van der Waals surface area contributed by atoms with Gasteiger partial charge in [0.05, 0.1) is 18.9 Å². The molecule has 1 N–H and O–H groups in total. The van der Waals surface area contributed by atoms with Gasteiger partial charge in [0.2, 0.25) is 0 Å². The average Bonchev–Trinajstić information content (AvgIpc) is 3.08. The molecule has 2 amide bonds. The Bertz CT molecular complexity index is 1050. The molecular formula is C23H24N4O3. The molecule has 1 aromatic heterocycles. The first kappa shape index (κ1) is 19.8. The van der Waals surface area contributed by atoms with Gasteiger partial charge in [0.1, 0.15) is 5.82 Å². The van der Waals surface area contributed by atoms with Gasteiger partial charge in [-0.25, -0.2) is 0 Å². The molecule has 0 atom stereocenters. The summed E-state index contributed by atoms with van der Waals surface area (Å²) in [5.74, 6) is 0.360. The number of benzene rings is 2. The largest absolute Gasteiger partial charge is 0.378 e. The Balaban J connectivity index is 1.49. The van der Waals surface area contributed by atoms with Crippen molar-refractivity contribution in [3.63, 3.8) is 0 Å². The van der Waals surface area contributed by atoms with Crippen molar-refractivity contribution >= 4 is 17.6 Å².